The molecule has 1 N–H and O–H groups in total. The molecule has 0 radical (unpaired) electrons. The van der Waals surface area contributed by atoms with Crippen LogP contribution in [0.2, 0.25) is 0 Å². The van der Waals surface area contributed by atoms with E-state index in [1.807, 2.05) is 25.2 Å². The maximum absolute atomic E-state index is 5.07. The minimum absolute atomic E-state index is 0.416. The fourth-order valence-electron chi connectivity index (χ4n) is 1.67. The first-order valence-electron chi connectivity index (χ1n) is 5.74. The van der Waals surface area contributed by atoms with E-state index < -0.39 is 0 Å². The highest BCUT2D eigenvalue weighted by Crippen LogP contribution is 2.11. The van der Waals surface area contributed by atoms with Crippen LogP contribution in [0.3, 0.4) is 0 Å². The van der Waals surface area contributed by atoms with Crippen molar-refractivity contribution in [1.29, 1.82) is 0 Å². The lowest BCUT2D eigenvalue weighted by Crippen LogP contribution is -2.05. The molecule has 0 aliphatic rings. The van der Waals surface area contributed by atoms with Gasteiger partial charge in [0.2, 0.25) is 0 Å². The number of ether oxygens (including phenoxy) is 1. The van der Waals surface area contributed by atoms with Gasteiger partial charge in [-0.25, -0.2) is 9.97 Å². The lowest BCUT2D eigenvalue weighted by atomic mass is 10.1. The normalized spacial score (nSPS) is 10.3. The Morgan fingerprint density at radius 1 is 1.22 bits per heavy atom. The molecule has 0 aliphatic heterocycles. The third kappa shape index (κ3) is 3.24. The Labute approximate surface area is 106 Å². The number of hydrogen-bond donors (Lipinski definition) is 1. The summed E-state index contributed by atoms with van der Waals surface area (Å²) in [7, 11) is 3.48. The molecule has 94 valence electrons. The zero-order valence-corrected chi connectivity index (χ0v) is 10.6. The van der Waals surface area contributed by atoms with Crippen LogP contribution < -0.4 is 5.32 Å². The molecule has 0 saturated carbocycles. The van der Waals surface area contributed by atoms with Crippen molar-refractivity contribution in [3.63, 3.8) is 0 Å². The average molecular weight is 244 g/mol. The van der Waals surface area contributed by atoms with E-state index in [9.17, 15) is 0 Å². The van der Waals surface area contributed by atoms with Crippen molar-refractivity contribution < 1.29 is 4.74 Å². The Morgan fingerprint density at radius 3 is 2.67 bits per heavy atom. The summed E-state index contributed by atoms with van der Waals surface area (Å²) in [5, 5.41) is 3.03. The van der Waals surface area contributed by atoms with Crippen LogP contribution in [0.4, 0.5) is 5.82 Å². The molecule has 0 aromatic carbocycles. The molecule has 0 atom stereocenters. The third-order valence-corrected chi connectivity index (χ3v) is 2.49. The summed E-state index contributed by atoms with van der Waals surface area (Å²) in [5.41, 5.74) is 2.14. The molecule has 2 aromatic heterocycles. The molecule has 2 rings (SSSR count). The number of hydrogen-bond acceptors (Lipinski definition) is 5. The molecule has 0 fully saturated rings. The molecule has 0 amide bonds. The molecule has 0 aliphatic carbocycles. The summed E-state index contributed by atoms with van der Waals surface area (Å²) < 4.78 is 5.07. The van der Waals surface area contributed by atoms with Crippen molar-refractivity contribution >= 4 is 5.82 Å². The Bertz CT molecular complexity index is 502. The van der Waals surface area contributed by atoms with Gasteiger partial charge in [-0.1, -0.05) is 0 Å². The maximum Gasteiger partial charge on any atom is 0.156 e. The van der Waals surface area contributed by atoms with Crippen LogP contribution in [0, 0.1) is 0 Å². The SMILES string of the molecule is CNc1cc(Cc2ccncc2)nc(COC)n1. The van der Waals surface area contributed by atoms with Crippen molar-refractivity contribution in [2.45, 2.75) is 13.0 Å². The zero-order chi connectivity index (χ0) is 12.8. The minimum atomic E-state index is 0.416. The molecular formula is C13H16N4O. The van der Waals surface area contributed by atoms with Gasteiger partial charge in [0.25, 0.3) is 0 Å². The molecule has 0 spiro atoms. The van der Waals surface area contributed by atoms with Crippen LogP contribution in [0.15, 0.2) is 30.6 Å². The second-order valence-corrected chi connectivity index (χ2v) is 3.88. The number of methoxy groups -OCH3 is 1. The smallest absolute Gasteiger partial charge is 0.156 e. The number of nitrogens with one attached hydrogen (secondary N) is 1. The third-order valence-electron chi connectivity index (χ3n) is 2.49. The second-order valence-electron chi connectivity index (χ2n) is 3.88. The number of rotatable bonds is 5. The summed E-state index contributed by atoms with van der Waals surface area (Å²) in [4.78, 5) is 12.8. The number of aromatic nitrogens is 3. The standard InChI is InChI=1S/C13H16N4O/c1-14-12-8-11(16-13(17-12)9-18-2)7-10-3-5-15-6-4-10/h3-6,8H,7,9H2,1-2H3,(H,14,16,17). The summed E-state index contributed by atoms with van der Waals surface area (Å²) in [5.74, 6) is 1.49. The van der Waals surface area contributed by atoms with E-state index in [2.05, 4.69) is 20.3 Å². The molecule has 2 heterocycles. The molecule has 0 unspecified atom stereocenters. The summed E-state index contributed by atoms with van der Waals surface area (Å²) in [6, 6.07) is 5.91. The molecule has 0 saturated heterocycles. The van der Waals surface area contributed by atoms with E-state index in [0.29, 0.717) is 12.4 Å². The van der Waals surface area contributed by atoms with Crippen LogP contribution in [-0.2, 0) is 17.8 Å². The summed E-state index contributed by atoms with van der Waals surface area (Å²) >= 11 is 0. The van der Waals surface area contributed by atoms with Crippen molar-refractivity contribution in [2.24, 2.45) is 0 Å². The fraction of sp³-hybridized carbons (Fsp3) is 0.308. The van der Waals surface area contributed by atoms with Gasteiger partial charge in [0.1, 0.15) is 12.4 Å². The molecule has 2 aromatic rings. The quantitative estimate of drug-likeness (QED) is 0.866. The van der Waals surface area contributed by atoms with Crippen molar-refractivity contribution in [1.82, 2.24) is 15.0 Å². The zero-order valence-electron chi connectivity index (χ0n) is 10.6. The molecular weight excluding hydrogens is 228 g/mol. The Hall–Kier alpha value is -2.01. The van der Waals surface area contributed by atoms with Gasteiger partial charge >= 0.3 is 0 Å². The van der Waals surface area contributed by atoms with Crippen LogP contribution in [-0.4, -0.2) is 29.1 Å². The number of nitrogens with zero attached hydrogens (tertiary/aromatic N) is 3. The monoisotopic (exact) mass is 244 g/mol. The largest absolute Gasteiger partial charge is 0.377 e. The average Bonchev–Trinajstić information content (AvgIpc) is 2.40. The Balaban J connectivity index is 2.24. The first-order valence-corrected chi connectivity index (χ1v) is 5.74. The Kier molecular flexibility index (Phi) is 4.20. The van der Waals surface area contributed by atoms with E-state index >= 15 is 0 Å². The molecule has 18 heavy (non-hydrogen) atoms. The highest BCUT2D eigenvalue weighted by molar-refractivity contribution is 5.36. The number of pyridine rings is 1. The van der Waals surface area contributed by atoms with Gasteiger partial charge in [-0.05, 0) is 17.7 Å². The highest BCUT2D eigenvalue weighted by atomic mass is 16.5. The topological polar surface area (TPSA) is 59.9 Å². The van der Waals surface area contributed by atoms with Gasteiger partial charge in [-0.2, -0.15) is 0 Å². The molecule has 0 bridgehead atoms. The van der Waals surface area contributed by atoms with Gasteiger partial charge in [0, 0.05) is 39.0 Å². The maximum atomic E-state index is 5.07. The predicted molar refractivity (Wildman–Crippen MR) is 69.3 cm³/mol. The van der Waals surface area contributed by atoms with E-state index in [1.54, 1.807) is 19.5 Å². The summed E-state index contributed by atoms with van der Waals surface area (Å²) in [6.07, 6.45) is 4.33. The van der Waals surface area contributed by atoms with Gasteiger partial charge in [-0.15, -0.1) is 0 Å². The predicted octanol–water partition coefficient (Wildman–Crippen LogP) is 1.65. The first kappa shape index (κ1) is 12.4. The van der Waals surface area contributed by atoms with Crippen LogP contribution >= 0.6 is 0 Å². The van der Waals surface area contributed by atoms with Gasteiger partial charge in [0.05, 0.1) is 5.69 Å². The molecule has 5 nitrogen and oxygen atoms in total. The molecule has 5 heteroatoms. The van der Waals surface area contributed by atoms with E-state index in [1.165, 1.54) is 5.56 Å². The van der Waals surface area contributed by atoms with Crippen molar-refractivity contribution in [3.8, 4) is 0 Å². The van der Waals surface area contributed by atoms with Crippen LogP contribution in [0.1, 0.15) is 17.1 Å². The van der Waals surface area contributed by atoms with E-state index in [-0.39, 0.29) is 0 Å². The van der Waals surface area contributed by atoms with E-state index in [0.717, 1.165) is 17.9 Å². The highest BCUT2D eigenvalue weighted by Gasteiger charge is 2.04. The lowest BCUT2D eigenvalue weighted by molar-refractivity contribution is 0.177. The van der Waals surface area contributed by atoms with Crippen molar-refractivity contribution in [2.75, 3.05) is 19.5 Å². The fourth-order valence-corrected chi connectivity index (χ4v) is 1.67. The number of anilines is 1. The second kappa shape index (κ2) is 6.07. The van der Waals surface area contributed by atoms with E-state index in [4.69, 9.17) is 4.74 Å². The van der Waals surface area contributed by atoms with Gasteiger partial charge < -0.3 is 10.1 Å². The van der Waals surface area contributed by atoms with Crippen LogP contribution in [0.25, 0.3) is 0 Å². The summed E-state index contributed by atoms with van der Waals surface area (Å²) in [6.45, 7) is 0.416. The lowest BCUT2D eigenvalue weighted by Gasteiger charge is -2.07. The van der Waals surface area contributed by atoms with Gasteiger partial charge in [-0.3, -0.25) is 4.98 Å². The first-order chi connectivity index (χ1) is 8.81. The van der Waals surface area contributed by atoms with Crippen molar-refractivity contribution in [3.05, 3.63) is 47.7 Å². The Morgan fingerprint density at radius 2 is 2.00 bits per heavy atom. The van der Waals surface area contributed by atoms with Gasteiger partial charge in [0.15, 0.2) is 5.82 Å². The minimum Gasteiger partial charge on any atom is -0.377 e. The van der Waals surface area contributed by atoms with Crippen LogP contribution in [0.5, 0.6) is 0 Å².